The third-order valence-corrected chi connectivity index (χ3v) is 5.22. The summed E-state index contributed by atoms with van der Waals surface area (Å²) in [7, 11) is 0. The molecule has 0 aliphatic heterocycles. The molecule has 1 aromatic heterocycles. The lowest BCUT2D eigenvalue weighted by Crippen LogP contribution is -2.33. The Bertz CT molecular complexity index is 1070. The topological polar surface area (TPSA) is 53.2 Å². The largest absolute Gasteiger partial charge is 0.334 e. The number of nitrogens with zero attached hydrogens (tertiary/aromatic N) is 1. The molecular formula is C25H30N2O2. The Hall–Kier alpha value is -2.88. The zero-order chi connectivity index (χ0) is 21.2. The van der Waals surface area contributed by atoms with Gasteiger partial charge in [-0.15, -0.1) is 0 Å². The summed E-state index contributed by atoms with van der Waals surface area (Å²) in [5, 5.41) is 0.984. The van der Waals surface area contributed by atoms with Crippen LogP contribution in [0.15, 0.2) is 53.3 Å². The highest BCUT2D eigenvalue weighted by Crippen LogP contribution is 2.23. The first kappa shape index (κ1) is 20.8. The van der Waals surface area contributed by atoms with E-state index in [0.717, 1.165) is 22.9 Å². The molecule has 0 spiro atoms. The molecule has 1 N–H and O–H groups in total. The highest BCUT2D eigenvalue weighted by Gasteiger charge is 2.19. The Labute approximate surface area is 172 Å². The molecular weight excluding hydrogens is 360 g/mol. The quantitative estimate of drug-likeness (QED) is 0.652. The van der Waals surface area contributed by atoms with Crippen LogP contribution >= 0.6 is 0 Å². The SMILES string of the molecule is CCCN(Cc1cc2cc(C)ccc2[nH]c1=O)C(=O)c1ccc(C(C)(C)C)cc1. The Balaban J connectivity index is 1.90. The van der Waals surface area contributed by atoms with Gasteiger partial charge in [-0.1, -0.05) is 51.5 Å². The number of carbonyl (C=O) groups is 1. The van der Waals surface area contributed by atoms with Crippen LogP contribution in [0.3, 0.4) is 0 Å². The molecule has 0 aliphatic carbocycles. The molecule has 0 unspecified atom stereocenters. The van der Waals surface area contributed by atoms with Crippen molar-refractivity contribution in [1.29, 1.82) is 0 Å². The van der Waals surface area contributed by atoms with Crippen LogP contribution in [0.2, 0.25) is 0 Å². The van der Waals surface area contributed by atoms with E-state index in [1.165, 1.54) is 5.56 Å². The van der Waals surface area contributed by atoms with Crippen molar-refractivity contribution in [2.75, 3.05) is 6.54 Å². The lowest BCUT2D eigenvalue weighted by atomic mass is 9.86. The number of carbonyl (C=O) groups excluding carboxylic acids is 1. The molecule has 1 amide bonds. The van der Waals surface area contributed by atoms with Crippen molar-refractivity contribution in [3.8, 4) is 0 Å². The zero-order valence-electron chi connectivity index (χ0n) is 18.0. The van der Waals surface area contributed by atoms with E-state index >= 15 is 0 Å². The van der Waals surface area contributed by atoms with Crippen molar-refractivity contribution in [1.82, 2.24) is 9.88 Å². The molecule has 152 valence electrons. The number of aryl methyl sites for hydroxylation is 1. The van der Waals surface area contributed by atoms with Gasteiger partial charge in [0.05, 0.1) is 6.54 Å². The highest BCUT2D eigenvalue weighted by molar-refractivity contribution is 5.94. The maximum Gasteiger partial charge on any atom is 0.254 e. The first-order valence-corrected chi connectivity index (χ1v) is 10.2. The smallest absolute Gasteiger partial charge is 0.254 e. The zero-order valence-corrected chi connectivity index (χ0v) is 18.0. The number of hydrogen-bond acceptors (Lipinski definition) is 2. The van der Waals surface area contributed by atoms with Gasteiger partial charge in [0.25, 0.3) is 11.5 Å². The maximum absolute atomic E-state index is 13.1. The lowest BCUT2D eigenvalue weighted by Gasteiger charge is -2.23. The van der Waals surface area contributed by atoms with E-state index in [2.05, 4.69) is 25.8 Å². The minimum Gasteiger partial charge on any atom is -0.334 e. The number of nitrogens with one attached hydrogen (secondary N) is 1. The fraction of sp³-hybridized carbons (Fsp3) is 0.360. The van der Waals surface area contributed by atoms with Crippen LogP contribution in [0.4, 0.5) is 0 Å². The second kappa shape index (κ2) is 8.24. The number of amides is 1. The minimum atomic E-state index is -0.140. The summed E-state index contributed by atoms with van der Waals surface area (Å²) < 4.78 is 0. The maximum atomic E-state index is 13.1. The van der Waals surface area contributed by atoms with E-state index in [9.17, 15) is 9.59 Å². The van der Waals surface area contributed by atoms with Gasteiger partial charge < -0.3 is 9.88 Å². The Morgan fingerprint density at radius 3 is 2.34 bits per heavy atom. The summed E-state index contributed by atoms with van der Waals surface area (Å²) in [6.07, 6.45) is 0.830. The van der Waals surface area contributed by atoms with Gasteiger partial charge in [-0.3, -0.25) is 9.59 Å². The van der Waals surface area contributed by atoms with Gasteiger partial charge >= 0.3 is 0 Å². The van der Waals surface area contributed by atoms with E-state index in [1.54, 1.807) is 4.90 Å². The molecule has 3 aromatic rings. The summed E-state index contributed by atoms with van der Waals surface area (Å²) >= 11 is 0. The van der Waals surface area contributed by atoms with Crippen molar-refractivity contribution in [2.45, 2.75) is 53.0 Å². The van der Waals surface area contributed by atoms with Gasteiger partial charge in [0, 0.05) is 23.2 Å². The first-order chi connectivity index (χ1) is 13.7. The van der Waals surface area contributed by atoms with Crippen molar-refractivity contribution in [3.05, 3.63) is 81.1 Å². The third-order valence-electron chi connectivity index (χ3n) is 5.22. The normalized spacial score (nSPS) is 11.6. The van der Waals surface area contributed by atoms with Crippen molar-refractivity contribution < 1.29 is 4.79 Å². The fourth-order valence-electron chi connectivity index (χ4n) is 3.51. The molecule has 0 aliphatic rings. The van der Waals surface area contributed by atoms with Crippen LogP contribution in [0.5, 0.6) is 0 Å². The van der Waals surface area contributed by atoms with Gasteiger partial charge in [0.1, 0.15) is 0 Å². The fourth-order valence-corrected chi connectivity index (χ4v) is 3.51. The number of pyridine rings is 1. The second-order valence-electron chi connectivity index (χ2n) is 8.77. The Morgan fingerprint density at radius 2 is 1.72 bits per heavy atom. The van der Waals surface area contributed by atoms with Gasteiger partial charge in [-0.2, -0.15) is 0 Å². The van der Waals surface area contributed by atoms with Gasteiger partial charge in [0.2, 0.25) is 0 Å². The van der Waals surface area contributed by atoms with E-state index in [-0.39, 0.29) is 16.9 Å². The van der Waals surface area contributed by atoms with Crippen molar-refractivity contribution >= 4 is 16.8 Å². The number of aromatic nitrogens is 1. The highest BCUT2D eigenvalue weighted by atomic mass is 16.2. The summed E-state index contributed by atoms with van der Waals surface area (Å²) in [6.45, 7) is 11.4. The number of benzene rings is 2. The lowest BCUT2D eigenvalue weighted by molar-refractivity contribution is 0.0742. The minimum absolute atomic E-state index is 0.0429. The van der Waals surface area contributed by atoms with E-state index in [0.29, 0.717) is 24.2 Å². The summed E-state index contributed by atoms with van der Waals surface area (Å²) in [4.78, 5) is 30.4. The second-order valence-corrected chi connectivity index (χ2v) is 8.77. The molecule has 4 heteroatoms. The molecule has 1 heterocycles. The van der Waals surface area contributed by atoms with E-state index in [4.69, 9.17) is 0 Å². The number of rotatable bonds is 5. The van der Waals surface area contributed by atoms with Crippen LogP contribution in [0, 0.1) is 6.92 Å². The van der Waals surface area contributed by atoms with E-state index < -0.39 is 0 Å². The molecule has 4 nitrogen and oxygen atoms in total. The van der Waals surface area contributed by atoms with Crippen molar-refractivity contribution in [3.63, 3.8) is 0 Å². The van der Waals surface area contributed by atoms with Crippen molar-refractivity contribution in [2.24, 2.45) is 0 Å². The van der Waals surface area contributed by atoms with Gasteiger partial charge in [0.15, 0.2) is 0 Å². The van der Waals surface area contributed by atoms with Crippen LogP contribution in [-0.2, 0) is 12.0 Å². The Morgan fingerprint density at radius 1 is 1.03 bits per heavy atom. The molecule has 0 saturated heterocycles. The molecule has 29 heavy (non-hydrogen) atoms. The molecule has 0 fully saturated rings. The predicted molar refractivity (Wildman–Crippen MR) is 119 cm³/mol. The van der Waals surface area contributed by atoms with Gasteiger partial charge in [-0.05, 0) is 60.0 Å². The Kier molecular flexibility index (Phi) is 5.92. The van der Waals surface area contributed by atoms with Crippen LogP contribution in [-0.4, -0.2) is 22.3 Å². The molecule has 0 radical (unpaired) electrons. The molecule has 2 aromatic carbocycles. The van der Waals surface area contributed by atoms with Crippen LogP contribution in [0.1, 0.15) is 61.2 Å². The number of hydrogen-bond donors (Lipinski definition) is 1. The molecule has 0 atom stereocenters. The number of fused-ring (bicyclic) bond motifs is 1. The monoisotopic (exact) mass is 390 g/mol. The van der Waals surface area contributed by atoms with Gasteiger partial charge in [-0.25, -0.2) is 0 Å². The third kappa shape index (κ3) is 4.76. The van der Waals surface area contributed by atoms with E-state index in [1.807, 2.05) is 62.4 Å². The summed E-state index contributed by atoms with van der Waals surface area (Å²) in [6, 6.07) is 15.7. The number of aromatic amines is 1. The van der Waals surface area contributed by atoms with Crippen LogP contribution < -0.4 is 5.56 Å². The summed E-state index contributed by atoms with van der Waals surface area (Å²) in [5.41, 5.74) is 4.30. The number of H-pyrrole nitrogens is 1. The average molecular weight is 391 g/mol. The van der Waals surface area contributed by atoms with Crippen LogP contribution in [0.25, 0.3) is 10.9 Å². The first-order valence-electron chi connectivity index (χ1n) is 10.2. The summed E-state index contributed by atoms with van der Waals surface area (Å²) in [5.74, 6) is -0.0453. The molecule has 3 rings (SSSR count). The average Bonchev–Trinajstić information content (AvgIpc) is 2.67. The predicted octanol–water partition coefficient (Wildman–Crippen LogP) is 5.19. The molecule has 0 saturated carbocycles. The standard InChI is InChI=1S/C25H30N2O2/c1-6-13-27(24(29)18-8-10-21(11-9-18)25(3,4)5)16-20-15-19-14-17(2)7-12-22(19)26-23(20)28/h7-12,14-15H,6,13,16H2,1-5H3,(H,26,28). The molecule has 0 bridgehead atoms.